The molecule has 2 N–H and O–H groups in total. The van der Waals surface area contributed by atoms with Crippen LogP contribution in [0.25, 0.3) is 0 Å². The summed E-state index contributed by atoms with van der Waals surface area (Å²) in [6.07, 6.45) is 2.13. The van der Waals surface area contributed by atoms with Gasteiger partial charge in [-0.2, -0.15) is 0 Å². The predicted octanol–water partition coefficient (Wildman–Crippen LogP) is 1.17. The van der Waals surface area contributed by atoms with E-state index in [4.69, 9.17) is 4.74 Å². The van der Waals surface area contributed by atoms with Gasteiger partial charge in [-0.05, 0) is 19.4 Å². The van der Waals surface area contributed by atoms with Gasteiger partial charge in [0.15, 0.2) is 11.6 Å². The van der Waals surface area contributed by atoms with Gasteiger partial charge in [-0.15, -0.1) is 0 Å². The molecule has 0 bridgehead atoms. The SMILES string of the molecule is CNc1nccc(C(=O)NC2(C)CCOC2)c1F. The summed E-state index contributed by atoms with van der Waals surface area (Å²) in [5.41, 5.74) is -0.436. The molecular formula is C12H16FN3O2. The van der Waals surface area contributed by atoms with Gasteiger partial charge >= 0.3 is 0 Å². The molecule has 0 saturated carbocycles. The summed E-state index contributed by atoms with van der Waals surface area (Å²) in [4.78, 5) is 15.8. The number of aromatic nitrogens is 1. The molecule has 1 aliphatic rings. The van der Waals surface area contributed by atoms with E-state index >= 15 is 0 Å². The molecule has 0 aromatic carbocycles. The highest BCUT2D eigenvalue weighted by Crippen LogP contribution is 2.20. The molecule has 1 aromatic rings. The number of ether oxygens (including phenoxy) is 1. The van der Waals surface area contributed by atoms with E-state index in [0.29, 0.717) is 13.2 Å². The van der Waals surface area contributed by atoms with Crippen molar-refractivity contribution < 1.29 is 13.9 Å². The minimum Gasteiger partial charge on any atom is -0.379 e. The van der Waals surface area contributed by atoms with E-state index in [2.05, 4.69) is 15.6 Å². The number of hydrogen-bond donors (Lipinski definition) is 2. The highest BCUT2D eigenvalue weighted by molar-refractivity contribution is 5.95. The first-order valence-electron chi connectivity index (χ1n) is 5.78. The minimum atomic E-state index is -0.639. The third-order valence-corrected chi connectivity index (χ3v) is 3.00. The van der Waals surface area contributed by atoms with Crippen molar-refractivity contribution in [3.63, 3.8) is 0 Å². The van der Waals surface area contributed by atoms with Crippen LogP contribution in [-0.4, -0.2) is 36.7 Å². The van der Waals surface area contributed by atoms with Crippen molar-refractivity contribution in [3.05, 3.63) is 23.6 Å². The number of amides is 1. The van der Waals surface area contributed by atoms with E-state index in [-0.39, 0.29) is 11.4 Å². The third kappa shape index (κ3) is 2.43. The van der Waals surface area contributed by atoms with Crippen LogP contribution in [0.2, 0.25) is 0 Å². The summed E-state index contributed by atoms with van der Waals surface area (Å²) in [5, 5.41) is 5.41. The largest absolute Gasteiger partial charge is 0.379 e. The van der Waals surface area contributed by atoms with Crippen molar-refractivity contribution in [2.45, 2.75) is 18.9 Å². The van der Waals surface area contributed by atoms with Crippen LogP contribution in [0.1, 0.15) is 23.7 Å². The number of carbonyl (C=O) groups excluding carboxylic acids is 1. The fraction of sp³-hybridized carbons (Fsp3) is 0.500. The molecule has 2 rings (SSSR count). The lowest BCUT2D eigenvalue weighted by Crippen LogP contribution is -2.46. The number of carbonyl (C=O) groups is 1. The van der Waals surface area contributed by atoms with Gasteiger partial charge in [-0.25, -0.2) is 9.37 Å². The van der Waals surface area contributed by atoms with Crippen molar-refractivity contribution >= 4 is 11.7 Å². The first kappa shape index (κ1) is 12.8. The molecule has 1 aromatic heterocycles. The zero-order valence-corrected chi connectivity index (χ0v) is 10.4. The number of halogens is 1. The van der Waals surface area contributed by atoms with Crippen molar-refractivity contribution in [1.29, 1.82) is 0 Å². The number of rotatable bonds is 3. The molecular weight excluding hydrogens is 237 g/mol. The van der Waals surface area contributed by atoms with Gasteiger partial charge in [-0.1, -0.05) is 0 Å². The molecule has 1 amide bonds. The molecule has 0 radical (unpaired) electrons. The maximum Gasteiger partial charge on any atom is 0.254 e. The van der Waals surface area contributed by atoms with Crippen LogP contribution in [0.3, 0.4) is 0 Å². The van der Waals surface area contributed by atoms with Crippen molar-refractivity contribution in [2.75, 3.05) is 25.6 Å². The number of nitrogens with zero attached hydrogens (tertiary/aromatic N) is 1. The van der Waals surface area contributed by atoms with Gasteiger partial charge < -0.3 is 15.4 Å². The molecule has 5 nitrogen and oxygen atoms in total. The molecule has 1 unspecified atom stereocenters. The van der Waals surface area contributed by atoms with Crippen molar-refractivity contribution in [1.82, 2.24) is 10.3 Å². The Morgan fingerprint density at radius 1 is 1.61 bits per heavy atom. The Bertz CT molecular complexity index is 459. The van der Waals surface area contributed by atoms with E-state index in [1.54, 1.807) is 7.05 Å². The summed E-state index contributed by atoms with van der Waals surface area (Å²) in [6, 6.07) is 1.37. The van der Waals surface area contributed by atoms with E-state index in [1.165, 1.54) is 12.3 Å². The molecule has 98 valence electrons. The summed E-state index contributed by atoms with van der Waals surface area (Å²) >= 11 is 0. The van der Waals surface area contributed by atoms with Crippen molar-refractivity contribution in [3.8, 4) is 0 Å². The summed E-state index contributed by atoms with van der Waals surface area (Å²) < 4.78 is 19.1. The third-order valence-electron chi connectivity index (χ3n) is 3.00. The van der Waals surface area contributed by atoms with E-state index in [0.717, 1.165) is 6.42 Å². The van der Waals surface area contributed by atoms with Crippen LogP contribution in [0.5, 0.6) is 0 Å². The molecule has 2 heterocycles. The Morgan fingerprint density at radius 3 is 3.00 bits per heavy atom. The van der Waals surface area contributed by atoms with Crippen LogP contribution in [0, 0.1) is 5.82 Å². The van der Waals surface area contributed by atoms with Crippen LogP contribution in [0.4, 0.5) is 10.2 Å². The number of nitrogens with one attached hydrogen (secondary N) is 2. The van der Waals surface area contributed by atoms with Crippen LogP contribution in [0.15, 0.2) is 12.3 Å². The Morgan fingerprint density at radius 2 is 2.39 bits per heavy atom. The number of pyridine rings is 1. The maximum atomic E-state index is 13.9. The second-order valence-electron chi connectivity index (χ2n) is 4.59. The first-order valence-corrected chi connectivity index (χ1v) is 5.78. The van der Waals surface area contributed by atoms with Gasteiger partial charge in [0.1, 0.15) is 0 Å². The fourth-order valence-electron chi connectivity index (χ4n) is 1.90. The lowest BCUT2D eigenvalue weighted by molar-refractivity contribution is 0.0885. The maximum absolute atomic E-state index is 13.9. The highest BCUT2D eigenvalue weighted by atomic mass is 19.1. The van der Waals surface area contributed by atoms with Crippen LogP contribution >= 0.6 is 0 Å². The zero-order valence-electron chi connectivity index (χ0n) is 10.4. The van der Waals surface area contributed by atoms with E-state index in [9.17, 15) is 9.18 Å². The topological polar surface area (TPSA) is 63.2 Å². The molecule has 1 saturated heterocycles. The molecule has 0 spiro atoms. The van der Waals surface area contributed by atoms with Crippen LogP contribution in [-0.2, 0) is 4.74 Å². The molecule has 1 fully saturated rings. The Hall–Kier alpha value is -1.69. The van der Waals surface area contributed by atoms with Crippen molar-refractivity contribution in [2.24, 2.45) is 0 Å². The average Bonchev–Trinajstić information content (AvgIpc) is 2.76. The summed E-state index contributed by atoms with van der Waals surface area (Å²) in [6.45, 7) is 2.94. The molecule has 1 aliphatic heterocycles. The zero-order chi connectivity index (χ0) is 13.2. The first-order chi connectivity index (χ1) is 8.56. The fourth-order valence-corrected chi connectivity index (χ4v) is 1.90. The Balaban J connectivity index is 2.18. The van der Waals surface area contributed by atoms with E-state index < -0.39 is 17.3 Å². The van der Waals surface area contributed by atoms with Gasteiger partial charge in [-0.3, -0.25) is 4.79 Å². The molecule has 1 atom stereocenters. The highest BCUT2D eigenvalue weighted by Gasteiger charge is 2.32. The van der Waals surface area contributed by atoms with Crippen LogP contribution < -0.4 is 10.6 Å². The quantitative estimate of drug-likeness (QED) is 0.849. The molecule has 0 aliphatic carbocycles. The average molecular weight is 253 g/mol. The minimum absolute atomic E-state index is 0.0116. The molecule has 6 heteroatoms. The second-order valence-corrected chi connectivity index (χ2v) is 4.59. The Labute approximate surface area is 105 Å². The summed E-state index contributed by atoms with van der Waals surface area (Å²) in [5.74, 6) is -1.02. The monoisotopic (exact) mass is 253 g/mol. The Kier molecular flexibility index (Phi) is 3.47. The van der Waals surface area contributed by atoms with E-state index in [1.807, 2.05) is 6.92 Å². The molecule has 18 heavy (non-hydrogen) atoms. The number of anilines is 1. The van der Waals surface area contributed by atoms with Gasteiger partial charge in [0, 0.05) is 19.9 Å². The second kappa shape index (κ2) is 4.89. The van der Waals surface area contributed by atoms with Gasteiger partial charge in [0.2, 0.25) is 0 Å². The summed E-state index contributed by atoms with van der Waals surface area (Å²) in [7, 11) is 1.55. The van der Waals surface area contributed by atoms with Gasteiger partial charge in [0.25, 0.3) is 5.91 Å². The lowest BCUT2D eigenvalue weighted by atomic mass is 10.0. The lowest BCUT2D eigenvalue weighted by Gasteiger charge is -2.23. The standard InChI is InChI=1S/C12H16FN3O2/c1-12(4-6-18-7-12)16-11(17)8-3-5-15-10(14-2)9(8)13/h3,5H,4,6-7H2,1-2H3,(H,14,15)(H,16,17). The smallest absolute Gasteiger partial charge is 0.254 e. The van der Waals surface area contributed by atoms with Gasteiger partial charge in [0.05, 0.1) is 17.7 Å². The predicted molar refractivity (Wildman–Crippen MR) is 65.0 cm³/mol. The normalized spacial score (nSPS) is 22.8. The number of hydrogen-bond acceptors (Lipinski definition) is 4.